The Balaban J connectivity index is 2.29. The zero-order valence-electron chi connectivity index (χ0n) is 13.0. The van der Waals surface area contributed by atoms with Crippen molar-refractivity contribution in [1.82, 2.24) is 10.2 Å². The molecule has 0 spiro atoms. The van der Waals surface area contributed by atoms with E-state index in [4.69, 9.17) is 9.47 Å². The van der Waals surface area contributed by atoms with Crippen molar-refractivity contribution in [3.05, 3.63) is 29.3 Å². The summed E-state index contributed by atoms with van der Waals surface area (Å²) in [5.41, 5.74) is 2.43. The molecule has 0 amide bonds. The number of ether oxygens (including phenoxy) is 2. The molecule has 1 heterocycles. The second kappa shape index (κ2) is 7.07. The van der Waals surface area contributed by atoms with Gasteiger partial charge >= 0.3 is 0 Å². The number of aryl methyl sites for hydroxylation is 1. The molecule has 0 saturated carbocycles. The van der Waals surface area contributed by atoms with Gasteiger partial charge in [-0.15, -0.1) is 0 Å². The molecule has 1 N–H and O–H groups in total. The summed E-state index contributed by atoms with van der Waals surface area (Å²) in [4.78, 5) is 2.32. The minimum Gasteiger partial charge on any atom is -0.496 e. The van der Waals surface area contributed by atoms with E-state index in [0.29, 0.717) is 0 Å². The summed E-state index contributed by atoms with van der Waals surface area (Å²) in [5, 5.41) is 3.56. The fourth-order valence-electron chi connectivity index (χ4n) is 2.77. The maximum Gasteiger partial charge on any atom is 0.123 e. The number of hydrogen-bond donors (Lipinski definition) is 1. The summed E-state index contributed by atoms with van der Waals surface area (Å²) in [6.45, 7) is 7.87. The van der Waals surface area contributed by atoms with Crippen LogP contribution < -0.4 is 10.1 Å². The van der Waals surface area contributed by atoms with Crippen molar-refractivity contribution in [3.8, 4) is 5.75 Å². The Morgan fingerprint density at radius 1 is 1.50 bits per heavy atom. The third-order valence-electron chi connectivity index (χ3n) is 3.81. The fraction of sp³-hybridized carbons (Fsp3) is 0.625. The van der Waals surface area contributed by atoms with E-state index < -0.39 is 0 Å². The van der Waals surface area contributed by atoms with Crippen LogP contribution in [0.25, 0.3) is 0 Å². The first-order chi connectivity index (χ1) is 9.65. The van der Waals surface area contributed by atoms with Gasteiger partial charge in [0, 0.05) is 18.7 Å². The van der Waals surface area contributed by atoms with Gasteiger partial charge in [-0.3, -0.25) is 0 Å². The van der Waals surface area contributed by atoms with E-state index in [1.165, 1.54) is 11.1 Å². The third kappa shape index (κ3) is 3.51. The van der Waals surface area contributed by atoms with Gasteiger partial charge in [-0.05, 0) is 26.6 Å². The number of nitrogens with zero attached hydrogens (tertiary/aromatic N) is 1. The monoisotopic (exact) mass is 278 g/mol. The first kappa shape index (κ1) is 15.3. The minimum atomic E-state index is 0.157. The standard InChI is InChI=1S/C16H26N2O2/c1-5-17-16(15-11-18(3)8-9-20-15)13-10-12(2)6-7-14(13)19-4/h6-7,10,15-17H,5,8-9,11H2,1-4H3. The van der Waals surface area contributed by atoms with E-state index >= 15 is 0 Å². The lowest BCUT2D eigenvalue weighted by molar-refractivity contribution is -0.0393. The third-order valence-corrected chi connectivity index (χ3v) is 3.81. The molecule has 2 atom stereocenters. The molecule has 0 bridgehead atoms. The molecule has 4 heteroatoms. The predicted octanol–water partition coefficient (Wildman–Crippen LogP) is 1.98. The molecule has 2 rings (SSSR count). The Hall–Kier alpha value is -1.10. The van der Waals surface area contributed by atoms with E-state index in [1.54, 1.807) is 7.11 Å². The summed E-state index contributed by atoms with van der Waals surface area (Å²) >= 11 is 0. The van der Waals surface area contributed by atoms with Gasteiger partial charge in [0.2, 0.25) is 0 Å². The first-order valence-corrected chi connectivity index (χ1v) is 7.33. The molecule has 0 aromatic heterocycles. The highest BCUT2D eigenvalue weighted by molar-refractivity contribution is 5.40. The topological polar surface area (TPSA) is 33.7 Å². The van der Waals surface area contributed by atoms with Crippen LogP contribution >= 0.6 is 0 Å². The zero-order chi connectivity index (χ0) is 14.5. The van der Waals surface area contributed by atoms with Crippen LogP contribution in [0.15, 0.2) is 18.2 Å². The lowest BCUT2D eigenvalue weighted by atomic mass is 9.97. The van der Waals surface area contributed by atoms with Crippen molar-refractivity contribution in [2.75, 3.05) is 40.4 Å². The molecule has 1 aliphatic heterocycles. The minimum absolute atomic E-state index is 0.157. The van der Waals surface area contributed by atoms with Gasteiger partial charge < -0.3 is 19.7 Å². The molecule has 20 heavy (non-hydrogen) atoms. The van der Waals surface area contributed by atoms with Crippen molar-refractivity contribution in [3.63, 3.8) is 0 Å². The lowest BCUT2D eigenvalue weighted by Gasteiger charge is -2.36. The molecule has 4 nitrogen and oxygen atoms in total. The largest absolute Gasteiger partial charge is 0.496 e. The van der Waals surface area contributed by atoms with Crippen LogP contribution in [0.1, 0.15) is 24.1 Å². The van der Waals surface area contributed by atoms with Gasteiger partial charge in [-0.1, -0.05) is 24.6 Å². The fourth-order valence-corrected chi connectivity index (χ4v) is 2.77. The number of morpholine rings is 1. The maximum absolute atomic E-state index is 6.00. The van der Waals surface area contributed by atoms with Crippen molar-refractivity contribution >= 4 is 0 Å². The number of methoxy groups -OCH3 is 1. The average Bonchev–Trinajstić information content (AvgIpc) is 2.44. The summed E-state index contributed by atoms with van der Waals surface area (Å²) in [7, 11) is 3.87. The SMILES string of the molecule is CCNC(c1cc(C)ccc1OC)C1CN(C)CCO1. The van der Waals surface area contributed by atoms with Crippen LogP contribution in [0.4, 0.5) is 0 Å². The van der Waals surface area contributed by atoms with Gasteiger partial charge in [-0.25, -0.2) is 0 Å². The van der Waals surface area contributed by atoms with E-state index in [9.17, 15) is 0 Å². The summed E-state index contributed by atoms with van der Waals surface area (Å²) in [5.74, 6) is 0.929. The van der Waals surface area contributed by atoms with Crippen molar-refractivity contribution in [2.45, 2.75) is 26.0 Å². The molecular weight excluding hydrogens is 252 g/mol. The van der Waals surface area contributed by atoms with Crippen LogP contribution in [-0.4, -0.2) is 51.4 Å². The highest BCUT2D eigenvalue weighted by Gasteiger charge is 2.29. The number of rotatable bonds is 5. The molecule has 1 saturated heterocycles. The Morgan fingerprint density at radius 3 is 2.95 bits per heavy atom. The van der Waals surface area contributed by atoms with Gasteiger partial charge in [0.15, 0.2) is 0 Å². The second-order valence-corrected chi connectivity index (χ2v) is 5.45. The summed E-state index contributed by atoms with van der Waals surface area (Å²) in [6.07, 6.45) is 0.157. The first-order valence-electron chi connectivity index (χ1n) is 7.33. The number of benzene rings is 1. The van der Waals surface area contributed by atoms with Crippen LogP contribution in [0.2, 0.25) is 0 Å². The Morgan fingerprint density at radius 2 is 2.30 bits per heavy atom. The van der Waals surface area contributed by atoms with Crippen LogP contribution in [0.5, 0.6) is 5.75 Å². The van der Waals surface area contributed by atoms with E-state index in [0.717, 1.165) is 32.0 Å². The van der Waals surface area contributed by atoms with Gasteiger partial charge in [-0.2, -0.15) is 0 Å². The molecular formula is C16H26N2O2. The highest BCUT2D eigenvalue weighted by Crippen LogP contribution is 2.30. The van der Waals surface area contributed by atoms with E-state index in [1.807, 2.05) is 6.07 Å². The molecule has 0 radical (unpaired) electrons. The molecule has 1 fully saturated rings. The zero-order valence-corrected chi connectivity index (χ0v) is 13.0. The second-order valence-electron chi connectivity index (χ2n) is 5.45. The Labute approximate surface area is 122 Å². The van der Waals surface area contributed by atoms with Gasteiger partial charge in [0.1, 0.15) is 5.75 Å². The molecule has 1 aromatic rings. The lowest BCUT2D eigenvalue weighted by Crippen LogP contribution is -2.46. The molecule has 0 aliphatic carbocycles. The van der Waals surface area contributed by atoms with E-state index in [-0.39, 0.29) is 12.1 Å². The molecule has 1 aliphatic rings. The quantitative estimate of drug-likeness (QED) is 0.893. The molecule has 1 aromatic carbocycles. The molecule has 112 valence electrons. The average molecular weight is 278 g/mol. The van der Waals surface area contributed by atoms with Crippen molar-refractivity contribution in [2.24, 2.45) is 0 Å². The van der Waals surface area contributed by atoms with Gasteiger partial charge in [0.25, 0.3) is 0 Å². The smallest absolute Gasteiger partial charge is 0.123 e. The number of hydrogen-bond acceptors (Lipinski definition) is 4. The summed E-state index contributed by atoms with van der Waals surface area (Å²) < 4.78 is 11.5. The number of likely N-dealkylation sites (N-methyl/N-ethyl adjacent to an activating group) is 2. The predicted molar refractivity (Wildman–Crippen MR) is 81.4 cm³/mol. The normalized spacial score (nSPS) is 21.7. The van der Waals surface area contributed by atoms with E-state index in [2.05, 4.69) is 43.2 Å². The van der Waals surface area contributed by atoms with Crippen LogP contribution in [-0.2, 0) is 4.74 Å². The van der Waals surface area contributed by atoms with Crippen molar-refractivity contribution in [1.29, 1.82) is 0 Å². The maximum atomic E-state index is 6.00. The molecule has 2 unspecified atom stereocenters. The van der Waals surface area contributed by atoms with Crippen molar-refractivity contribution < 1.29 is 9.47 Å². The highest BCUT2D eigenvalue weighted by atomic mass is 16.5. The summed E-state index contributed by atoms with van der Waals surface area (Å²) in [6, 6.07) is 6.49. The Kier molecular flexibility index (Phi) is 5.40. The Bertz CT molecular complexity index is 436. The van der Waals surface area contributed by atoms with Gasteiger partial charge in [0.05, 0.1) is 25.9 Å². The van der Waals surface area contributed by atoms with Crippen LogP contribution in [0.3, 0.4) is 0 Å². The number of nitrogens with one attached hydrogen (secondary N) is 1. The van der Waals surface area contributed by atoms with Crippen LogP contribution in [0, 0.1) is 6.92 Å².